The number of benzene rings is 2. The number of anilines is 1. The van der Waals surface area contributed by atoms with Crippen LogP contribution >= 0.6 is 0 Å². The number of fused-ring (bicyclic) bond motifs is 3. The molecule has 0 unspecified atom stereocenters. The standard InChI is InChI=1S/C33H35N9O2/c1-20(2)41-14-12-22(18-41)30-37-29-31(38(3)13-11-21-17-34-26-16-24(44-6)8-9-25(21)26)35-19-36-32(29)42(30)23-7-10-27-28(15-23)40(5)33(43)39(27)4/h7-10,12,14-20,34H,11,13H2,1-6H3. The topological polar surface area (TPSA) is 104 Å². The summed E-state index contributed by atoms with van der Waals surface area (Å²) in [5.74, 6) is 2.35. The highest BCUT2D eigenvalue weighted by molar-refractivity contribution is 5.90. The number of nitrogens with one attached hydrogen (secondary N) is 1. The van der Waals surface area contributed by atoms with E-state index in [9.17, 15) is 4.79 Å². The molecule has 5 heterocycles. The molecule has 0 bridgehead atoms. The van der Waals surface area contributed by atoms with Crippen LogP contribution in [-0.2, 0) is 20.5 Å². The molecule has 0 saturated carbocycles. The fraction of sp³-hybridized carbons (Fsp3) is 0.273. The maximum Gasteiger partial charge on any atom is 0.328 e. The van der Waals surface area contributed by atoms with Crippen molar-refractivity contribution in [3.05, 3.63) is 83.4 Å². The molecule has 7 aromatic rings. The Labute approximate surface area is 254 Å². The van der Waals surface area contributed by atoms with E-state index in [4.69, 9.17) is 19.7 Å². The first kappa shape index (κ1) is 27.5. The van der Waals surface area contributed by atoms with Crippen molar-refractivity contribution < 1.29 is 4.74 Å². The van der Waals surface area contributed by atoms with Gasteiger partial charge in [-0.25, -0.2) is 19.7 Å². The highest BCUT2D eigenvalue weighted by atomic mass is 16.5. The average Bonchev–Trinajstić information content (AvgIpc) is 3.81. The van der Waals surface area contributed by atoms with E-state index in [0.29, 0.717) is 17.2 Å². The normalized spacial score (nSPS) is 11.9. The van der Waals surface area contributed by atoms with E-state index in [-0.39, 0.29) is 5.69 Å². The van der Waals surface area contributed by atoms with E-state index < -0.39 is 0 Å². The number of likely N-dealkylation sites (N-methyl/N-ethyl adjacent to an activating group) is 1. The second-order valence-corrected chi connectivity index (χ2v) is 11.6. The molecule has 44 heavy (non-hydrogen) atoms. The highest BCUT2D eigenvalue weighted by Crippen LogP contribution is 2.33. The Morgan fingerprint density at radius 1 is 1.02 bits per heavy atom. The summed E-state index contributed by atoms with van der Waals surface area (Å²) in [7, 11) is 7.31. The smallest absolute Gasteiger partial charge is 0.328 e. The molecule has 0 radical (unpaired) electrons. The minimum atomic E-state index is -0.0672. The molecule has 11 heteroatoms. The summed E-state index contributed by atoms with van der Waals surface area (Å²) in [5.41, 5.74) is 7.17. The van der Waals surface area contributed by atoms with Crippen molar-refractivity contribution in [2.24, 2.45) is 14.1 Å². The van der Waals surface area contributed by atoms with E-state index in [1.54, 1.807) is 36.7 Å². The monoisotopic (exact) mass is 589 g/mol. The quantitative estimate of drug-likeness (QED) is 0.261. The van der Waals surface area contributed by atoms with Crippen molar-refractivity contribution in [3.63, 3.8) is 0 Å². The summed E-state index contributed by atoms with van der Waals surface area (Å²) >= 11 is 0. The summed E-state index contributed by atoms with van der Waals surface area (Å²) in [6, 6.07) is 14.5. The molecule has 2 aromatic carbocycles. The second-order valence-electron chi connectivity index (χ2n) is 11.6. The molecule has 0 saturated heterocycles. The summed E-state index contributed by atoms with van der Waals surface area (Å²) in [4.78, 5) is 32.8. The van der Waals surface area contributed by atoms with Gasteiger partial charge in [0.05, 0.1) is 23.8 Å². The Hall–Kier alpha value is -5.32. The Morgan fingerprint density at radius 2 is 1.84 bits per heavy atom. The van der Waals surface area contributed by atoms with Gasteiger partial charge in [0.25, 0.3) is 0 Å². The molecule has 7 rings (SSSR count). The molecule has 0 spiro atoms. The SMILES string of the molecule is COc1ccc2c(CCN(C)c3ncnc4c3nc(-c3ccn(C(C)C)c3)n4-c3ccc4c(c3)n(C)c(=O)n4C)c[nH]c2c1. The van der Waals surface area contributed by atoms with Gasteiger partial charge in [0, 0.05) is 74.9 Å². The number of hydrogen-bond donors (Lipinski definition) is 1. The van der Waals surface area contributed by atoms with E-state index in [0.717, 1.165) is 58.2 Å². The van der Waals surface area contributed by atoms with Gasteiger partial charge in [-0.1, -0.05) is 0 Å². The summed E-state index contributed by atoms with van der Waals surface area (Å²) in [6.45, 7) is 5.04. The second kappa shape index (κ2) is 10.4. The van der Waals surface area contributed by atoms with Gasteiger partial charge >= 0.3 is 5.69 Å². The fourth-order valence-corrected chi connectivity index (χ4v) is 5.99. The third-order valence-corrected chi connectivity index (χ3v) is 8.56. The van der Waals surface area contributed by atoms with Crippen LogP contribution in [0.2, 0.25) is 0 Å². The molecular formula is C33H35N9O2. The van der Waals surface area contributed by atoms with E-state index in [1.165, 1.54) is 10.9 Å². The summed E-state index contributed by atoms with van der Waals surface area (Å²) in [6.07, 6.45) is 8.67. The van der Waals surface area contributed by atoms with Crippen LogP contribution in [0.1, 0.15) is 25.5 Å². The van der Waals surface area contributed by atoms with Gasteiger partial charge in [-0.15, -0.1) is 0 Å². The maximum absolute atomic E-state index is 12.7. The van der Waals surface area contributed by atoms with Crippen LogP contribution in [0.5, 0.6) is 5.75 Å². The van der Waals surface area contributed by atoms with Crippen LogP contribution in [0, 0.1) is 0 Å². The number of nitrogens with zero attached hydrogens (tertiary/aromatic N) is 8. The van der Waals surface area contributed by atoms with E-state index >= 15 is 0 Å². The number of rotatable bonds is 8. The average molecular weight is 590 g/mol. The van der Waals surface area contributed by atoms with Crippen LogP contribution in [0.3, 0.4) is 0 Å². The van der Waals surface area contributed by atoms with Gasteiger partial charge in [-0.05, 0) is 62.2 Å². The van der Waals surface area contributed by atoms with Crippen LogP contribution in [0.15, 0.2) is 72.2 Å². The lowest BCUT2D eigenvalue weighted by atomic mass is 10.1. The van der Waals surface area contributed by atoms with E-state index in [1.807, 2.05) is 37.4 Å². The number of H-pyrrole nitrogens is 1. The molecular weight excluding hydrogens is 554 g/mol. The van der Waals surface area contributed by atoms with Gasteiger partial charge in [0.2, 0.25) is 0 Å². The lowest BCUT2D eigenvalue weighted by Crippen LogP contribution is -2.21. The van der Waals surface area contributed by atoms with Crippen molar-refractivity contribution in [1.82, 2.24) is 38.2 Å². The molecule has 0 fully saturated rings. The third kappa shape index (κ3) is 4.34. The van der Waals surface area contributed by atoms with Gasteiger partial charge in [-0.3, -0.25) is 13.7 Å². The van der Waals surface area contributed by atoms with E-state index in [2.05, 4.69) is 63.6 Å². The van der Waals surface area contributed by atoms with Gasteiger partial charge < -0.3 is 19.2 Å². The number of aryl methyl sites for hydroxylation is 2. The first-order valence-electron chi connectivity index (χ1n) is 14.7. The zero-order chi connectivity index (χ0) is 30.7. The number of aromatic nitrogens is 8. The number of methoxy groups -OCH3 is 1. The van der Waals surface area contributed by atoms with Gasteiger partial charge in [0.1, 0.15) is 17.9 Å². The number of hydrogen-bond acceptors (Lipinski definition) is 6. The third-order valence-electron chi connectivity index (χ3n) is 8.56. The minimum Gasteiger partial charge on any atom is -0.497 e. The van der Waals surface area contributed by atoms with Crippen molar-refractivity contribution in [2.45, 2.75) is 26.3 Å². The van der Waals surface area contributed by atoms with Crippen LogP contribution in [-0.4, -0.2) is 58.9 Å². The van der Waals surface area contributed by atoms with Gasteiger partial charge in [-0.2, -0.15) is 0 Å². The number of ether oxygens (including phenoxy) is 1. The van der Waals surface area contributed by atoms with Crippen molar-refractivity contribution >= 4 is 38.9 Å². The molecule has 11 nitrogen and oxygen atoms in total. The lowest BCUT2D eigenvalue weighted by Gasteiger charge is -2.18. The first-order valence-corrected chi connectivity index (χ1v) is 14.7. The Bertz CT molecular complexity index is 2230. The molecule has 0 aliphatic rings. The predicted molar refractivity (Wildman–Crippen MR) is 174 cm³/mol. The van der Waals surface area contributed by atoms with Gasteiger partial charge in [0.15, 0.2) is 17.0 Å². The van der Waals surface area contributed by atoms with Crippen molar-refractivity contribution in [3.8, 4) is 22.8 Å². The molecule has 5 aromatic heterocycles. The highest BCUT2D eigenvalue weighted by Gasteiger charge is 2.22. The molecule has 0 aliphatic carbocycles. The summed E-state index contributed by atoms with van der Waals surface area (Å²) < 4.78 is 12.9. The van der Waals surface area contributed by atoms with Crippen molar-refractivity contribution in [2.75, 3.05) is 25.6 Å². The predicted octanol–water partition coefficient (Wildman–Crippen LogP) is 5.22. The zero-order valence-corrected chi connectivity index (χ0v) is 25.7. The number of imidazole rings is 2. The molecule has 224 valence electrons. The Balaban J connectivity index is 1.33. The fourth-order valence-electron chi connectivity index (χ4n) is 5.99. The molecule has 0 aliphatic heterocycles. The van der Waals surface area contributed by atoms with Crippen molar-refractivity contribution in [1.29, 1.82) is 0 Å². The molecule has 0 amide bonds. The zero-order valence-electron chi connectivity index (χ0n) is 25.7. The van der Waals surface area contributed by atoms with Crippen LogP contribution in [0.25, 0.3) is 50.2 Å². The Morgan fingerprint density at radius 3 is 2.61 bits per heavy atom. The molecule has 0 atom stereocenters. The van der Waals surface area contributed by atoms with Crippen LogP contribution < -0.4 is 15.3 Å². The first-order chi connectivity index (χ1) is 21.2. The Kier molecular flexibility index (Phi) is 6.53. The lowest BCUT2D eigenvalue weighted by molar-refractivity contribution is 0.415. The van der Waals surface area contributed by atoms with Crippen LogP contribution in [0.4, 0.5) is 5.82 Å². The minimum absolute atomic E-state index is 0.0672. The molecule has 1 N–H and O–H groups in total. The summed E-state index contributed by atoms with van der Waals surface area (Å²) in [5, 5.41) is 1.18. The largest absolute Gasteiger partial charge is 0.497 e. The number of aromatic amines is 1. The maximum atomic E-state index is 12.7.